The average molecular weight is 523 g/mol. The lowest BCUT2D eigenvalue weighted by Gasteiger charge is -2.38. The smallest absolute Gasteiger partial charge is 0.261 e. The first-order valence-electron chi connectivity index (χ1n) is 12.2. The molecule has 1 atom stereocenters. The molecular weight excluding hydrogens is 490 g/mol. The quantitative estimate of drug-likeness (QED) is 0.257. The van der Waals surface area contributed by atoms with Gasteiger partial charge < -0.3 is 4.55 Å². The van der Waals surface area contributed by atoms with Crippen molar-refractivity contribution in [3.8, 4) is 10.4 Å². The molecule has 0 N–H and O–H groups in total. The summed E-state index contributed by atoms with van der Waals surface area (Å²) in [6, 6.07) is 15.7. The van der Waals surface area contributed by atoms with Gasteiger partial charge in [-0.3, -0.25) is 17.9 Å². The molecule has 2 heterocycles. The van der Waals surface area contributed by atoms with E-state index in [1.807, 2.05) is 81.6 Å². The van der Waals surface area contributed by atoms with Crippen molar-refractivity contribution in [3.63, 3.8) is 0 Å². The third-order valence-corrected chi connectivity index (χ3v) is 8.12. The molecule has 36 heavy (non-hydrogen) atoms. The van der Waals surface area contributed by atoms with E-state index in [-0.39, 0.29) is 5.56 Å². The highest BCUT2D eigenvalue weighted by Crippen LogP contribution is 2.39. The molecule has 0 aliphatic heterocycles. The van der Waals surface area contributed by atoms with E-state index in [1.54, 1.807) is 4.57 Å². The summed E-state index contributed by atoms with van der Waals surface area (Å²) in [6.45, 7) is 10.2. The van der Waals surface area contributed by atoms with Crippen LogP contribution in [-0.2, 0) is 24.2 Å². The largest absolute Gasteiger partial charge is 0.755 e. The Morgan fingerprint density at radius 1 is 1.11 bits per heavy atom. The molecular formula is C28H32N3O3S2-. The SMILES string of the molecule is CCCCc1nc2ccc(C)cc2c(=O)n1Cc1ccc(-c2sccc2N(S(=O)[O-])C(C)(C)C)cc1. The fourth-order valence-corrected chi connectivity index (χ4v) is 6.06. The molecule has 2 aromatic heterocycles. The summed E-state index contributed by atoms with van der Waals surface area (Å²) in [4.78, 5) is 19.2. The van der Waals surface area contributed by atoms with E-state index in [0.717, 1.165) is 52.2 Å². The molecule has 0 radical (unpaired) electrons. The van der Waals surface area contributed by atoms with E-state index < -0.39 is 16.8 Å². The third-order valence-electron chi connectivity index (χ3n) is 6.12. The number of fused-ring (bicyclic) bond motifs is 1. The summed E-state index contributed by atoms with van der Waals surface area (Å²) >= 11 is -0.883. The molecule has 0 bridgehead atoms. The van der Waals surface area contributed by atoms with Crippen LogP contribution in [0.5, 0.6) is 0 Å². The molecule has 1 unspecified atom stereocenters. The van der Waals surface area contributed by atoms with E-state index in [9.17, 15) is 13.6 Å². The third kappa shape index (κ3) is 5.45. The van der Waals surface area contributed by atoms with E-state index in [4.69, 9.17) is 4.98 Å². The zero-order valence-corrected chi connectivity index (χ0v) is 23.0. The summed E-state index contributed by atoms with van der Waals surface area (Å²) in [6.07, 6.45) is 2.75. The number of benzene rings is 2. The Labute approximate surface area is 219 Å². The zero-order chi connectivity index (χ0) is 26.0. The van der Waals surface area contributed by atoms with E-state index in [1.165, 1.54) is 15.6 Å². The fraction of sp³-hybridized carbons (Fsp3) is 0.357. The van der Waals surface area contributed by atoms with Crippen molar-refractivity contribution < 1.29 is 8.76 Å². The molecule has 6 nitrogen and oxygen atoms in total. The van der Waals surface area contributed by atoms with Crippen LogP contribution in [0.15, 0.2) is 58.7 Å². The molecule has 0 aliphatic carbocycles. The number of thiophene rings is 1. The molecule has 0 aliphatic rings. The maximum Gasteiger partial charge on any atom is 0.261 e. The first-order valence-corrected chi connectivity index (χ1v) is 14.1. The Morgan fingerprint density at radius 2 is 1.83 bits per heavy atom. The number of anilines is 1. The topological polar surface area (TPSA) is 78.3 Å². The molecule has 190 valence electrons. The molecule has 0 spiro atoms. The standard InChI is InChI=1S/C28H33N3O3S2/c1-6-7-8-25-29-23-14-9-19(2)17-22(23)27(32)30(25)18-20-10-12-21(13-11-20)26-24(15-16-35-26)31(36(33)34)28(3,4)5/h9-17H,6-8,18H2,1-5H3,(H,33,34)/p-1. The lowest BCUT2D eigenvalue weighted by atomic mass is 10.1. The van der Waals surface area contributed by atoms with Crippen LogP contribution in [0.25, 0.3) is 21.3 Å². The minimum Gasteiger partial charge on any atom is -0.755 e. The van der Waals surface area contributed by atoms with Gasteiger partial charge in [-0.15, -0.1) is 11.3 Å². The van der Waals surface area contributed by atoms with Crippen molar-refractivity contribution in [2.45, 2.75) is 66.0 Å². The van der Waals surface area contributed by atoms with Crippen LogP contribution >= 0.6 is 11.3 Å². The van der Waals surface area contributed by atoms with Gasteiger partial charge in [-0.2, -0.15) is 0 Å². The van der Waals surface area contributed by atoms with Crippen LogP contribution in [0.3, 0.4) is 0 Å². The predicted octanol–water partition coefficient (Wildman–Crippen LogP) is 6.22. The van der Waals surface area contributed by atoms with Crippen molar-refractivity contribution in [2.24, 2.45) is 0 Å². The van der Waals surface area contributed by atoms with Crippen molar-refractivity contribution in [2.75, 3.05) is 4.31 Å². The Morgan fingerprint density at radius 3 is 2.47 bits per heavy atom. The first-order chi connectivity index (χ1) is 17.1. The fourth-order valence-electron chi connectivity index (χ4n) is 4.36. The number of unbranched alkanes of at least 4 members (excludes halogenated alkanes) is 1. The van der Waals surface area contributed by atoms with Gasteiger partial charge in [0.05, 0.1) is 28.0 Å². The number of rotatable bonds is 8. The number of hydrogen-bond acceptors (Lipinski definition) is 5. The molecule has 0 saturated carbocycles. The molecule has 0 amide bonds. The lowest BCUT2D eigenvalue weighted by Crippen LogP contribution is -2.42. The highest BCUT2D eigenvalue weighted by molar-refractivity contribution is 7.80. The minimum absolute atomic E-state index is 0.0156. The van der Waals surface area contributed by atoms with Crippen LogP contribution in [0.1, 0.15) is 57.5 Å². The maximum atomic E-state index is 13.5. The predicted molar refractivity (Wildman–Crippen MR) is 149 cm³/mol. The van der Waals surface area contributed by atoms with Crippen molar-refractivity contribution >= 4 is 39.2 Å². The van der Waals surface area contributed by atoms with E-state index in [2.05, 4.69) is 6.92 Å². The van der Waals surface area contributed by atoms with Crippen molar-refractivity contribution in [1.29, 1.82) is 0 Å². The van der Waals surface area contributed by atoms with Gasteiger partial charge in [0.2, 0.25) is 0 Å². The van der Waals surface area contributed by atoms with Crippen molar-refractivity contribution in [1.82, 2.24) is 9.55 Å². The monoisotopic (exact) mass is 522 g/mol. The molecule has 2 aromatic carbocycles. The Bertz CT molecular complexity index is 1450. The van der Waals surface area contributed by atoms with Gasteiger partial charge in [0.25, 0.3) is 5.56 Å². The minimum atomic E-state index is -2.39. The first kappa shape index (κ1) is 26.3. The summed E-state index contributed by atoms with van der Waals surface area (Å²) in [5, 5.41) is 2.55. The zero-order valence-electron chi connectivity index (χ0n) is 21.4. The second-order valence-electron chi connectivity index (χ2n) is 10.1. The van der Waals surface area contributed by atoms with Crippen LogP contribution in [-0.4, -0.2) is 23.9 Å². The summed E-state index contributed by atoms with van der Waals surface area (Å²) in [5.74, 6) is 0.807. The molecule has 4 aromatic rings. The normalized spacial score (nSPS) is 12.7. The lowest BCUT2D eigenvalue weighted by molar-refractivity contribution is 0.498. The Hall–Kier alpha value is -2.81. The summed E-state index contributed by atoms with van der Waals surface area (Å²) in [5.41, 5.74) is 3.78. The van der Waals surface area contributed by atoms with Crippen LogP contribution in [0, 0.1) is 6.92 Å². The molecule has 0 saturated heterocycles. The van der Waals surface area contributed by atoms with E-state index >= 15 is 0 Å². The van der Waals surface area contributed by atoms with Gasteiger partial charge in [0.15, 0.2) is 0 Å². The van der Waals surface area contributed by atoms with Gasteiger partial charge in [-0.25, -0.2) is 4.98 Å². The van der Waals surface area contributed by atoms with Crippen LogP contribution in [0.4, 0.5) is 5.69 Å². The van der Waals surface area contributed by atoms with Gasteiger partial charge in [0.1, 0.15) is 5.82 Å². The number of nitrogens with zero attached hydrogens (tertiary/aromatic N) is 3. The van der Waals surface area contributed by atoms with Gasteiger partial charge in [0, 0.05) is 23.2 Å². The second kappa shape index (κ2) is 10.7. The van der Waals surface area contributed by atoms with Gasteiger partial charge in [-0.05, 0) is 68.8 Å². The average Bonchev–Trinajstić information content (AvgIpc) is 3.28. The van der Waals surface area contributed by atoms with Gasteiger partial charge in [-0.1, -0.05) is 49.2 Å². The summed E-state index contributed by atoms with van der Waals surface area (Å²) in [7, 11) is 0. The highest BCUT2D eigenvalue weighted by atomic mass is 32.2. The number of aromatic nitrogens is 2. The second-order valence-corrected chi connectivity index (χ2v) is 11.8. The van der Waals surface area contributed by atoms with E-state index in [0.29, 0.717) is 17.6 Å². The Kier molecular flexibility index (Phi) is 7.78. The highest BCUT2D eigenvalue weighted by Gasteiger charge is 2.26. The van der Waals surface area contributed by atoms with Crippen LogP contribution in [0.2, 0.25) is 0 Å². The molecule has 4 rings (SSSR count). The van der Waals surface area contributed by atoms with Gasteiger partial charge >= 0.3 is 0 Å². The molecule has 8 heteroatoms. The number of hydrogen-bond donors (Lipinski definition) is 0. The number of aryl methyl sites for hydroxylation is 2. The summed E-state index contributed by atoms with van der Waals surface area (Å²) < 4.78 is 27.3. The maximum absolute atomic E-state index is 13.5. The molecule has 0 fully saturated rings. The van der Waals surface area contributed by atoms with Crippen molar-refractivity contribution in [3.05, 3.63) is 81.2 Å². The van der Waals surface area contributed by atoms with Crippen LogP contribution < -0.4 is 9.86 Å². The Balaban J connectivity index is 1.70.